The van der Waals surface area contributed by atoms with E-state index in [0.29, 0.717) is 11.8 Å². The van der Waals surface area contributed by atoms with Gasteiger partial charge in [-0.05, 0) is 24.8 Å². The van der Waals surface area contributed by atoms with Gasteiger partial charge in [-0.2, -0.15) is 5.10 Å². The van der Waals surface area contributed by atoms with Crippen LogP contribution < -0.4 is 0 Å². The van der Waals surface area contributed by atoms with Gasteiger partial charge in [-0.15, -0.1) is 0 Å². The van der Waals surface area contributed by atoms with Gasteiger partial charge in [-0.25, -0.2) is 0 Å². The highest BCUT2D eigenvalue weighted by Crippen LogP contribution is 2.12. The predicted octanol–water partition coefficient (Wildman–Crippen LogP) is 2.58. The standard InChI is InChI=1S/C14H25N3O/c1-11(2)9-16(10-12(3)4)14(18)13(5)17-8-6-7-15-17/h6-8,11-13H,9-10H2,1-5H3/t13-/m0/s1. The van der Waals surface area contributed by atoms with E-state index in [1.807, 2.05) is 24.1 Å². The molecule has 0 aromatic carbocycles. The summed E-state index contributed by atoms with van der Waals surface area (Å²) < 4.78 is 1.72. The molecule has 1 aromatic rings. The van der Waals surface area contributed by atoms with Crippen LogP contribution in [-0.4, -0.2) is 33.7 Å². The zero-order valence-corrected chi connectivity index (χ0v) is 12.1. The Kier molecular flexibility index (Phi) is 5.38. The molecular weight excluding hydrogens is 226 g/mol. The molecule has 1 heterocycles. The van der Waals surface area contributed by atoms with E-state index in [1.165, 1.54) is 0 Å². The average molecular weight is 251 g/mol. The molecule has 18 heavy (non-hydrogen) atoms. The lowest BCUT2D eigenvalue weighted by atomic mass is 10.1. The molecule has 1 atom stereocenters. The average Bonchev–Trinajstić information content (AvgIpc) is 2.78. The summed E-state index contributed by atoms with van der Waals surface area (Å²) >= 11 is 0. The highest BCUT2D eigenvalue weighted by atomic mass is 16.2. The molecule has 0 saturated heterocycles. The second-order valence-corrected chi connectivity index (χ2v) is 5.69. The predicted molar refractivity (Wildman–Crippen MR) is 73.2 cm³/mol. The Bertz CT molecular complexity index is 347. The molecule has 0 unspecified atom stereocenters. The van der Waals surface area contributed by atoms with E-state index in [2.05, 4.69) is 32.8 Å². The first-order chi connectivity index (χ1) is 8.41. The lowest BCUT2D eigenvalue weighted by Gasteiger charge is -2.29. The number of carbonyl (C=O) groups is 1. The van der Waals surface area contributed by atoms with Crippen molar-refractivity contribution in [3.05, 3.63) is 18.5 Å². The van der Waals surface area contributed by atoms with Gasteiger partial charge >= 0.3 is 0 Å². The Morgan fingerprint density at radius 3 is 2.11 bits per heavy atom. The van der Waals surface area contributed by atoms with Crippen LogP contribution in [0.1, 0.15) is 40.7 Å². The number of nitrogens with zero attached hydrogens (tertiary/aromatic N) is 3. The van der Waals surface area contributed by atoms with Crippen LogP contribution in [0.15, 0.2) is 18.5 Å². The van der Waals surface area contributed by atoms with E-state index in [0.717, 1.165) is 13.1 Å². The summed E-state index contributed by atoms with van der Waals surface area (Å²) in [5.41, 5.74) is 0. The Labute approximate surface area is 110 Å². The van der Waals surface area contributed by atoms with Crippen LogP contribution in [0.25, 0.3) is 0 Å². The van der Waals surface area contributed by atoms with Gasteiger partial charge in [0.1, 0.15) is 6.04 Å². The molecule has 0 bridgehead atoms. The van der Waals surface area contributed by atoms with E-state index < -0.39 is 0 Å². The maximum atomic E-state index is 12.5. The van der Waals surface area contributed by atoms with E-state index in [4.69, 9.17) is 0 Å². The van der Waals surface area contributed by atoms with E-state index in [1.54, 1.807) is 10.9 Å². The smallest absolute Gasteiger partial charge is 0.247 e. The van der Waals surface area contributed by atoms with E-state index in [-0.39, 0.29) is 11.9 Å². The molecule has 0 N–H and O–H groups in total. The molecule has 0 fully saturated rings. The summed E-state index contributed by atoms with van der Waals surface area (Å²) in [6.07, 6.45) is 3.55. The van der Waals surface area contributed by atoms with Gasteiger partial charge in [0.25, 0.3) is 0 Å². The van der Waals surface area contributed by atoms with Crippen molar-refractivity contribution < 1.29 is 4.79 Å². The second-order valence-electron chi connectivity index (χ2n) is 5.69. The third kappa shape index (κ3) is 4.17. The van der Waals surface area contributed by atoms with Crippen LogP contribution in [0.5, 0.6) is 0 Å². The SMILES string of the molecule is CC(C)CN(CC(C)C)C(=O)[C@H](C)n1cccn1. The molecular formula is C14H25N3O. The van der Waals surface area contributed by atoms with Crippen molar-refractivity contribution >= 4 is 5.91 Å². The third-order valence-corrected chi connectivity index (χ3v) is 2.76. The summed E-state index contributed by atoms with van der Waals surface area (Å²) in [5.74, 6) is 1.12. The molecule has 0 aliphatic heterocycles. The second kappa shape index (κ2) is 6.57. The van der Waals surface area contributed by atoms with Gasteiger partial charge in [-0.3, -0.25) is 9.48 Å². The minimum atomic E-state index is -0.225. The van der Waals surface area contributed by atoms with Crippen LogP contribution in [0.2, 0.25) is 0 Å². The fourth-order valence-electron chi connectivity index (χ4n) is 2.02. The third-order valence-electron chi connectivity index (χ3n) is 2.76. The first-order valence-electron chi connectivity index (χ1n) is 6.69. The molecule has 0 aliphatic carbocycles. The first kappa shape index (κ1) is 14.7. The van der Waals surface area contributed by atoms with E-state index >= 15 is 0 Å². The zero-order chi connectivity index (χ0) is 13.7. The molecule has 102 valence electrons. The van der Waals surface area contributed by atoms with Gasteiger partial charge in [0, 0.05) is 25.5 Å². The molecule has 0 radical (unpaired) electrons. The molecule has 4 nitrogen and oxygen atoms in total. The minimum absolute atomic E-state index is 0.154. The summed E-state index contributed by atoms with van der Waals surface area (Å²) in [4.78, 5) is 14.4. The quantitative estimate of drug-likeness (QED) is 0.779. The number of rotatable bonds is 6. The minimum Gasteiger partial charge on any atom is -0.340 e. The van der Waals surface area contributed by atoms with Crippen LogP contribution in [0.4, 0.5) is 0 Å². The van der Waals surface area contributed by atoms with Crippen molar-refractivity contribution in [2.24, 2.45) is 11.8 Å². The van der Waals surface area contributed by atoms with Gasteiger partial charge in [0.2, 0.25) is 5.91 Å². The van der Waals surface area contributed by atoms with Crippen molar-refractivity contribution in [2.45, 2.75) is 40.7 Å². The zero-order valence-electron chi connectivity index (χ0n) is 12.1. The largest absolute Gasteiger partial charge is 0.340 e. The normalized spacial score (nSPS) is 13.1. The van der Waals surface area contributed by atoms with Crippen LogP contribution >= 0.6 is 0 Å². The Hall–Kier alpha value is -1.32. The summed E-state index contributed by atoms with van der Waals surface area (Å²) in [6.45, 7) is 12.1. The summed E-state index contributed by atoms with van der Waals surface area (Å²) in [6, 6.07) is 1.62. The van der Waals surface area contributed by atoms with Gasteiger partial charge in [0.05, 0.1) is 0 Å². The molecule has 0 aliphatic rings. The number of aromatic nitrogens is 2. The van der Waals surface area contributed by atoms with Gasteiger partial charge in [0.15, 0.2) is 0 Å². The maximum Gasteiger partial charge on any atom is 0.247 e. The first-order valence-corrected chi connectivity index (χ1v) is 6.69. The van der Waals surface area contributed by atoms with E-state index in [9.17, 15) is 4.79 Å². The van der Waals surface area contributed by atoms with Crippen molar-refractivity contribution in [1.82, 2.24) is 14.7 Å². The number of hydrogen-bond donors (Lipinski definition) is 0. The van der Waals surface area contributed by atoms with Crippen LogP contribution in [-0.2, 0) is 4.79 Å². The molecule has 0 spiro atoms. The highest BCUT2D eigenvalue weighted by Gasteiger charge is 2.23. The fraction of sp³-hybridized carbons (Fsp3) is 0.714. The molecule has 1 rings (SSSR count). The molecule has 1 amide bonds. The van der Waals surface area contributed by atoms with Gasteiger partial charge in [-0.1, -0.05) is 27.7 Å². The van der Waals surface area contributed by atoms with Crippen LogP contribution in [0, 0.1) is 11.8 Å². The Balaban J connectivity index is 2.74. The lowest BCUT2D eigenvalue weighted by Crippen LogP contribution is -2.40. The van der Waals surface area contributed by atoms with Crippen LogP contribution in [0.3, 0.4) is 0 Å². The molecule has 1 aromatic heterocycles. The van der Waals surface area contributed by atoms with Crippen molar-refractivity contribution in [3.8, 4) is 0 Å². The highest BCUT2D eigenvalue weighted by molar-refractivity contribution is 5.80. The number of carbonyl (C=O) groups excluding carboxylic acids is 1. The van der Waals surface area contributed by atoms with Gasteiger partial charge < -0.3 is 4.90 Å². The van der Waals surface area contributed by atoms with Crippen molar-refractivity contribution in [2.75, 3.05) is 13.1 Å². The maximum absolute atomic E-state index is 12.5. The fourth-order valence-corrected chi connectivity index (χ4v) is 2.02. The number of hydrogen-bond acceptors (Lipinski definition) is 2. The lowest BCUT2D eigenvalue weighted by molar-refractivity contribution is -0.135. The topological polar surface area (TPSA) is 38.1 Å². The Morgan fingerprint density at radius 2 is 1.72 bits per heavy atom. The Morgan fingerprint density at radius 1 is 1.17 bits per heavy atom. The summed E-state index contributed by atoms with van der Waals surface area (Å²) in [7, 11) is 0. The molecule has 0 saturated carbocycles. The monoisotopic (exact) mass is 251 g/mol. The number of amides is 1. The summed E-state index contributed by atoms with van der Waals surface area (Å²) in [5, 5.41) is 4.15. The van der Waals surface area contributed by atoms with Crippen molar-refractivity contribution in [1.29, 1.82) is 0 Å². The van der Waals surface area contributed by atoms with Crippen molar-refractivity contribution in [3.63, 3.8) is 0 Å². The molecule has 4 heteroatoms.